The highest BCUT2D eigenvalue weighted by atomic mass is 16.2. The summed E-state index contributed by atoms with van der Waals surface area (Å²) in [4.78, 5) is 16.6. The average molecular weight is 348 g/mol. The normalized spacial score (nSPS) is 14.2. The second kappa shape index (κ2) is 7.92. The van der Waals surface area contributed by atoms with Crippen molar-refractivity contribution in [1.29, 1.82) is 5.26 Å². The summed E-state index contributed by atoms with van der Waals surface area (Å²) in [6.07, 6.45) is 0. The molecule has 0 saturated carbocycles. The molecule has 26 heavy (non-hydrogen) atoms. The van der Waals surface area contributed by atoms with Crippen LogP contribution in [-0.2, 0) is 0 Å². The zero-order valence-corrected chi connectivity index (χ0v) is 15.3. The van der Waals surface area contributed by atoms with E-state index in [1.165, 1.54) is 11.3 Å². The third kappa shape index (κ3) is 4.15. The first-order valence-corrected chi connectivity index (χ1v) is 8.98. The van der Waals surface area contributed by atoms with Crippen LogP contribution in [0.5, 0.6) is 0 Å². The molecule has 1 heterocycles. The van der Waals surface area contributed by atoms with Gasteiger partial charge in [-0.25, -0.2) is 4.79 Å². The summed E-state index contributed by atoms with van der Waals surface area (Å²) in [7, 11) is 0. The zero-order valence-electron chi connectivity index (χ0n) is 15.3. The molecule has 134 valence electrons. The Morgan fingerprint density at radius 2 is 1.77 bits per heavy atom. The van der Waals surface area contributed by atoms with Crippen molar-refractivity contribution in [2.45, 2.75) is 19.8 Å². The van der Waals surface area contributed by atoms with Crippen molar-refractivity contribution < 1.29 is 4.79 Å². The number of rotatable bonds is 3. The molecule has 1 fully saturated rings. The highest BCUT2D eigenvalue weighted by Gasteiger charge is 2.21. The fraction of sp³-hybridized carbons (Fsp3) is 0.333. The maximum Gasteiger partial charge on any atom is 0.321 e. The molecule has 0 aromatic heterocycles. The predicted octanol–water partition coefficient (Wildman–Crippen LogP) is 4.04. The van der Waals surface area contributed by atoms with E-state index in [0.717, 1.165) is 13.1 Å². The minimum absolute atomic E-state index is 0.116. The third-order valence-electron chi connectivity index (χ3n) is 4.73. The second-order valence-electron chi connectivity index (χ2n) is 6.84. The topological polar surface area (TPSA) is 59.4 Å². The first-order valence-electron chi connectivity index (χ1n) is 8.98. The fourth-order valence-electron chi connectivity index (χ4n) is 3.11. The number of hydrogen-bond donors (Lipinski definition) is 1. The Kier molecular flexibility index (Phi) is 5.43. The van der Waals surface area contributed by atoms with Gasteiger partial charge in [-0.2, -0.15) is 5.26 Å². The van der Waals surface area contributed by atoms with Gasteiger partial charge >= 0.3 is 6.03 Å². The van der Waals surface area contributed by atoms with Gasteiger partial charge in [0.25, 0.3) is 0 Å². The molecule has 0 unspecified atom stereocenters. The van der Waals surface area contributed by atoms with Crippen molar-refractivity contribution in [3.63, 3.8) is 0 Å². The van der Waals surface area contributed by atoms with Crippen molar-refractivity contribution in [2.24, 2.45) is 0 Å². The van der Waals surface area contributed by atoms with Crippen LogP contribution in [-0.4, -0.2) is 37.1 Å². The first kappa shape index (κ1) is 17.8. The fourth-order valence-corrected chi connectivity index (χ4v) is 3.11. The summed E-state index contributed by atoms with van der Waals surface area (Å²) in [6, 6.07) is 17.6. The van der Waals surface area contributed by atoms with Crippen molar-refractivity contribution in [2.75, 3.05) is 36.4 Å². The monoisotopic (exact) mass is 348 g/mol. The van der Waals surface area contributed by atoms with Gasteiger partial charge in [0.15, 0.2) is 0 Å². The highest BCUT2D eigenvalue weighted by Crippen LogP contribution is 2.21. The number of carbonyl (C=O) groups is 1. The van der Waals surface area contributed by atoms with Crippen LogP contribution >= 0.6 is 0 Å². The third-order valence-corrected chi connectivity index (χ3v) is 4.73. The van der Waals surface area contributed by atoms with E-state index < -0.39 is 0 Å². The Morgan fingerprint density at radius 1 is 1.08 bits per heavy atom. The van der Waals surface area contributed by atoms with Crippen molar-refractivity contribution >= 4 is 17.4 Å². The van der Waals surface area contributed by atoms with Gasteiger partial charge in [-0.15, -0.1) is 0 Å². The molecule has 1 aliphatic heterocycles. The average Bonchev–Trinajstić information content (AvgIpc) is 2.68. The largest absolute Gasteiger partial charge is 0.368 e. The minimum atomic E-state index is -0.116. The van der Waals surface area contributed by atoms with Crippen LogP contribution in [0.4, 0.5) is 16.2 Å². The predicted molar refractivity (Wildman–Crippen MR) is 104 cm³/mol. The standard InChI is InChI=1S/C21H24N4O/c1-16(2)18-6-8-20(9-7-18)24-10-12-25(13-11-24)21(26)23-19-5-3-4-17(14-19)15-22/h3-9,14,16H,10-13H2,1-2H3,(H,23,26). The van der Waals surface area contributed by atoms with Gasteiger partial charge in [-0.05, 0) is 41.8 Å². The number of benzene rings is 2. The van der Waals surface area contributed by atoms with E-state index in [9.17, 15) is 4.79 Å². The van der Waals surface area contributed by atoms with Crippen LogP contribution < -0.4 is 10.2 Å². The molecule has 5 heteroatoms. The smallest absolute Gasteiger partial charge is 0.321 e. The SMILES string of the molecule is CC(C)c1ccc(N2CCN(C(=O)Nc3cccc(C#N)c3)CC2)cc1. The quantitative estimate of drug-likeness (QED) is 0.911. The van der Waals surface area contributed by atoms with E-state index in [1.807, 2.05) is 4.90 Å². The van der Waals surface area contributed by atoms with Crippen LogP contribution in [0.25, 0.3) is 0 Å². The molecule has 3 rings (SSSR count). The summed E-state index contributed by atoms with van der Waals surface area (Å²) in [6.45, 7) is 7.36. The molecule has 0 aliphatic carbocycles. The number of anilines is 2. The molecule has 2 aromatic carbocycles. The Labute approximate surface area is 154 Å². The lowest BCUT2D eigenvalue weighted by atomic mass is 10.0. The van der Waals surface area contributed by atoms with Crippen LogP contribution in [0, 0.1) is 11.3 Å². The maximum absolute atomic E-state index is 12.4. The first-order chi connectivity index (χ1) is 12.6. The molecule has 1 N–H and O–H groups in total. The van der Waals surface area contributed by atoms with Gasteiger partial charge in [-0.3, -0.25) is 0 Å². The molecule has 0 bridgehead atoms. The number of carbonyl (C=O) groups excluding carboxylic acids is 1. The van der Waals surface area contributed by atoms with Gasteiger partial charge in [-0.1, -0.05) is 32.0 Å². The number of piperazine rings is 1. The number of nitriles is 1. The summed E-state index contributed by atoms with van der Waals surface area (Å²) < 4.78 is 0. The summed E-state index contributed by atoms with van der Waals surface area (Å²) in [5, 5.41) is 11.8. The highest BCUT2D eigenvalue weighted by molar-refractivity contribution is 5.89. The summed E-state index contributed by atoms with van der Waals surface area (Å²) in [5.74, 6) is 0.532. The Morgan fingerprint density at radius 3 is 2.38 bits per heavy atom. The van der Waals surface area contributed by atoms with Gasteiger partial charge in [0, 0.05) is 37.6 Å². The lowest BCUT2D eigenvalue weighted by molar-refractivity contribution is 0.208. The summed E-state index contributed by atoms with van der Waals surface area (Å²) in [5.41, 5.74) is 3.74. The second-order valence-corrected chi connectivity index (χ2v) is 6.84. The molecule has 0 spiro atoms. The number of urea groups is 1. The van der Waals surface area contributed by atoms with Crippen LogP contribution in [0.2, 0.25) is 0 Å². The van der Waals surface area contributed by atoms with E-state index in [2.05, 4.69) is 54.4 Å². The lowest BCUT2D eigenvalue weighted by Crippen LogP contribution is -2.50. The van der Waals surface area contributed by atoms with E-state index in [1.54, 1.807) is 24.3 Å². The van der Waals surface area contributed by atoms with E-state index in [-0.39, 0.29) is 6.03 Å². The van der Waals surface area contributed by atoms with E-state index in [0.29, 0.717) is 30.3 Å². The maximum atomic E-state index is 12.4. The van der Waals surface area contributed by atoms with Gasteiger partial charge in [0.2, 0.25) is 0 Å². The molecule has 0 atom stereocenters. The van der Waals surface area contributed by atoms with E-state index >= 15 is 0 Å². The lowest BCUT2D eigenvalue weighted by Gasteiger charge is -2.36. The minimum Gasteiger partial charge on any atom is -0.368 e. The van der Waals surface area contributed by atoms with Crippen LogP contribution in [0.3, 0.4) is 0 Å². The molecule has 5 nitrogen and oxygen atoms in total. The molecule has 2 aromatic rings. The molecular formula is C21H24N4O. The zero-order chi connectivity index (χ0) is 18.5. The Balaban J connectivity index is 1.56. The van der Waals surface area contributed by atoms with Crippen molar-refractivity contribution in [1.82, 2.24) is 4.90 Å². The molecule has 2 amide bonds. The van der Waals surface area contributed by atoms with Gasteiger partial charge in [0.05, 0.1) is 11.6 Å². The Bertz CT molecular complexity index is 800. The number of nitrogens with one attached hydrogen (secondary N) is 1. The molecule has 1 aliphatic rings. The number of amides is 2. The molecule has 0 radical (unpaired) electrons. The van der Waals surface area contributed by atoms with Crippen molar-refractivity contribution in [3.8, 4) is 6.07 Å². The number of hydrogen-bond acceptors (Lipinski definition) is 3. The molecular weight excluding hydrogens is 324 g/mol. The summed E-state index contributed by atoms with van der Waals surface area (Å²) >= 11 is 0. The van der Waals surface area contributed by atoms with Crippen LogP contribution in [0.15, 0.2) is 48.5 Å². The van der Waals surface area contributed by atoms with Crippen molar-refractivity contribution in [3.05, 3.63) is 59.7 Å². The van der Waals surface area contributed by atoms with Gasteiger partial charge < -0.3 is 15.1 Å². The number of nitrogens with zero attached hydrogens (tertiary/aromatic N) is 3. The van der Waals surface area contributed by atoms with Crippen LogP contribution in [0.1, 0.15) is 30.9 Å². The molecule has 1 saturated heterocycles. The Hall–Kier alpha value is -3.00. The van der Waals surface area contributed by atoms with Gasteiger partial charge in [0.1, 0.15) is 0 Å². The van der Waals surface area contributed by atoms with E-state index in [4.69, 9.17) is 5.26 Å².